The van der Waals surface area contributed by atoms with E-state index in [1.54, 1.807) is 24.5 Å². The Hall–Kier alpha value is -3.20. The van der Waals surface area contributed by atoms with Crippen LogP contribution in [-0.2, 0) is 9.84 Å². The molecule has 1 aromatic carbocycles. The summed E-state index contributed by atoms with van der Waals surface area (Å²) >= 11 is 0. The molecule has 0 unspecified atom stereocenters. The molecule has 27 heavy (non-hydrogen) atoms. The van der Waals surface area contributed by atoms with Gasteiger partial charge in [0, 0.05) is 29.1 Å². The summed E-state index contributed by atoms with van der Waals surface area (Å²) in [5.41, 5.74) is 9.07. The third-order valence-corrected chi connectivity index (χ3v) is 5.61. The van der Waals surface area contributed by atoms with Gasteiger partial charge in [0.05, 0.1) is 18.4 Å². The van der Waals surface area contributed by atoms with Gasteiger partial charge in [-0.05, 0) is 30.3 Å². The number of nitrogens with zero attached hydrogens (tertiary/aromatic N) is 3. The zero-order valence-electron chi connectivity index (χ0n) is 14.3. The molecular formula is C18H16FN5O2S. The number of aromatic nitrogens is 3. The number of hydrogen-bond acceptors (Lipinski definition) is 6. The number of hydrogen-bond donors (Lipinski definition) is 2. The Balaban J connectivity index is 1.70. The van der Waals surface area contributed by atoms with Crippen LogP contribution in [0.15, 0.2) is 53.7 Å². The largest absolute Gasteiger partial charge is 0.383 e. The van der Waals surface area contributed by atoms with Crippen LogP contribution in [0.5, 0.6) is 0 Å². The number of nitrogens with one attached hydrogen (secondary N) is 1. The van der Waals surface area contributed by atoms with E-state index in [2.05, 4.69) is 15.4 Å². The van der Waals surface area contributed by atoms with Gasteiger partial charge in [0.25, 0.3) is 0 Å². The van der Waals surface area contributed by atoms with Crippen LogP contribution in [-0.4, -0.2) is 36.0 Å². The van der Waals surface area contributed by atoms with Crippen LogP contribution in [0.4, 0.5) is 10.2 Å². The molecule has 0 fully saturated rings. The van der Waals surface area contributed by atoms with Crippen molar-refractivity contribution in [1.82, 2.24) is 14.8 Å². The molecule has 0 spiro atoms. The van der Waals surface area contributed by atoms with Crippen LogP contribution >= 0.6 is 0 Å². The number of anilines is 1. The van der Waals surface area contributed by atoms with Crippen molar-refractivity contribution in [2.24, 2.45) is 5.73 Å². The lowest BCUT2D eigenvalue weighted by Gasteiger charge is -2.20. The van der Waals surface area contributed by atoms with E-state index in [1.165, 1.54) is 16.8 Å². The molecule has 138 valence electrons. The predicted molar refractivity (Wildman–Crippen MR) is 102 cm³/mol. The van der Waals surface area contributed by atoms with Gasteiger partial charge in [0.15, 0.2) is 9.84 Å². The maximum absolute atomic E-state index is 13.1. The Kier molecular flexibility index (Phi) is 3.96. The molecule has 0 bridgehead atoms. The molecule has 3 aromatic rings. The Morgan fingerprint density at radius 2 is 1.81 bits per heavy atom. The van der Waals surface area contributed by atoms with E-state index in [0.717, 1.165) is 22.9 Å². The fourth-order valence-electron chi connectivity index (χ4n) is 2.95. The van der Waals surface area contributed by atoms with Crippen molar-refractivity contribution in [2.75, 3.05) is 18.1 Å². The number of benzene rings is 1. The van der Waals surface area contributed by atoms with Gasteiger partial charge in [-0.15, -0.1) is 0 Å². The molecule has 2 aromatic heterocycles. The average Bonchev–Trinajstić information content (AvgIpc) is 3.07. The first-order valence-corrected chi connectivity index (χ1v) is 9.97. The second-order valence-electron chi connectivity index (χ2n) is 6.19. The maximum atomic E-state index is 13.1. The smallest absolute Gasteiger partial charge is 0.177 e. The van der Waals surface area contributed by atoms with E-state index in [4.69, 9.17) is 5.73 Å². The monoisotopic (exact) mass is 385 g/mol. The molecule has 0 amide bonds. The second kappa shape index (κ2) is 6.20. The zero-order chi connectivity index (χ0) is 19.2. The Bertz CT molecular complexity index is 1150. The van der Waals surface area contributed by atoms with Crippen LogP contribution in [0.3, 0.4) is 0 Å². The summed E-state index contributed by atoms with van der Waals surface area (Å²) in [6, 6.07) is 9.81. The quantitative estimate of drug-likeness (QED) is 0.717. The lowest BCUT2D eigenvalue weighted by molar-refractivity contribution is 0.606. The normalized spacial score (nSPS) is 14.0. The maximum Gasteiger partial charge on any atom is 0.177 e. The molecule has 7 nitrogen and oxygen atoms in total. The molecule has 4 rings (SSSR count). The standard InChI is InChI=1S/C18H16FN5O2S/c1-27(25,26)16-10-22-18-14(9-23-24(18)17(16)20)12-4-7-15(21-8-12)11-2-5-13(19)6-3-11/h2-9,22H,10,20H2,1H3. The van der Waals surface area contributed by atoms with Gasteiger partial charge >= 0.3 is 0 Å². The first-order valence-electron chi connectivity index (χ1n) is 8.08. The summed E-state index contributed by atoms with van der Waals surface area (Å²) in [5, 5.41) is 7.27. The van der Waals surface area contributed by atoms with E-state index < -0.39 is 9.84 Å². The van der Waals surface area contributed by atoms with Gasteiger partial charge in [0.2, 0.25) is 0 Å². The van der Waals surface area contributed by atoms with Crippen molar-refractivity contribution in [1.29, 1.82) is 0 Å². The van der Waals surface area contributed by atoms with E-state index >= 15 is 0 Å². The topological polar surface area (TPSA) is 103 Å². The van der Waals surface area contributed by atoms with Gasteiger partial charge in [0.1, 0.15) is 22.4 Å². The summed E-state index contributed by atoms with van der Waals surface area (Å²) < 4.78 is 38.1. The molecular weight excluding hydrogens is 369 g/mol. The van der Waals surface area contributed by atoms with Crippen molar-refractivity contribution in [3.8, 4) is 22.4 Å². The molecule has 0 radical (unpaired) electrons. The molecule has 0 saturated heterocycles. The van der Waals surface area contributed by atoms with Gasteiger partial charge in [-0.2, -0.15) is 5.10 Å². The number of sulfone groups is 1. The first kappa shape index (κ1) is 17.2. The number of rotatable bonds is 3. The predicted octanol–water partition coefficient (Wildman–Crippen LogP) is 2.31. The second-order valence-corrected chi connectivity index (χ2v) is 8.23. The summed E-state index contributed by atoms with van der Waals surface area (Å²) in [4.78, 5) is 4.54. The van der Waals surface area contributed by atoms with Gasteiger partial charge in [-0.1, -0.05) is 6.07 Å². The third kappa shape index (κ3) is 3.06. The number of fused-ring (bicyclic) bond motifs is 1. The van der Waals surface area contributed by atoms with Gasteiger partial charge in [-0.3, -0.25) is 4.98 Å². The molecule has 0 saturated carbocycles. The summed E-state index contributed by atoms with van der Waals surface area (Å²) in [6.07, 6.45) is 4.41. The van der Waals surface area contributed by atoms with Gasteiger partial charge in [-0.25, -0.2) is 17.5 Å². The van der Waals surface area contributed by atoms with E-state index in [-0.39, 0.29) is 23.1 Å². The Morgan fingerprint density at radius 3 is 2.44 bits per heavy atom. The summed E-state index contributed by atoms with van der Waals surface area (Å²) in [5.74, 6) is 0.400. The fourth-order valence-corrected chi connectivity index (χ4v) is 3.75. The molecule has 0 atom stereocenters. The third-order valence-electron chi connectivity index (χ3n) is 4.36. The number of nitrogens with two attached hydrogens (primary N) is 1. The minimum Gasteiger partial charge on any atom is -0.383 e. The first-order chi connectivity index (χ1) is 12.8. The highest BCUT2D eigenvalue weighted by Crippen LogP contribution is 2.33. The minimum atomic E-state index is -3.42. The van der Waals surface area contributed by atoms with Crippen LogP contribution in [0.1, 0.15) is 0 Å². The molecule has 3 N–H and O–H groups in total. The SMILES string of the molecule is CS(=O)(=O)C1=C(N)n2ncc(-c3ccc(-c4ccc(F)cc4)nc3)c2NC1. The van der Waals surface area contributed by atoms with Crippen LogP contribution in [0.2, 0.25) is 0 Å². The molecule has 9 heteroatoms. The van der Waals surface area contributed by atoms with Crippen LogP contribution in [0, 0.1) is 5.82 Å². The van der Waals surface area contributed by atoms with Crippen molar-refractivity contribution in [3.63, 3.8) is 0 Å². The Labute approximate surface area is 155 Å². The summed E-state index contributed by atoms with van der Waals surface area (Å²) in [7, 11) is -3.42. The van der Waals surface area contributed by atoms with E-state index in [9.17, 15) is 12.8 Å². The highest BCUT2D eigenvalue weighted by molar-refractivity contribution is 7.94. The molecule has 1 aliphatic rings. The average molecular weight is 385 g/mol. The van der Waals surface area contributed by atoms with Crippen molar-refractivity contribution < 1.29 is 12.8 Å². The van der Waals surface area contributed by atoms with Gasteiger partial charge < -0.3 is 11.1 Å². The number of pyridine rings is 1. The lowest BCUT2D eigenvalue weighted by Crippen LogP contribution is -2.27. The van der Waals surface area contributed by atoms with E-state index in [1.807, 2.05) is 12.1 Å². The van der Waals surface area contributed by atoms with E-state index in [0.29, 0.717) is 11.5 Å². The molecule has 3 heterocycles. The van der Waals surface area contributed by atoms with Crippen molar-refractivity contribution >= 4 is 21.5 Å². The highest BCUT2D eigenvalue weighted by atomic mass is 32.2. The zero-order valence-corrected chi connectivity index (χ0v) is 15.2. The molecule has 0 aliphatic carbocycles. The fraction of sp³-hybridized carbons (Fsp3) is 0.111. The minimum absolute atomic E-state index is 0.0911. The molecule has 1 aliphatic heterocycles. The lowest BCUT2D eigenvalue weighted by atomic mass is 10.1. The van der Waals surface area contributed by atoms with Crippen LogP contribution in [0.25, 0.3) is 28.2 Å². The van der Waals surface area contributed by atoms with Crippen molar-refractivity contribution in [2.45, 2.75) is 0 Å². The Morgan fingerprint density at radius 1 is 1.11 bits per heavy atom. The number of halogens is 1. The van der Waals surface area contributed by atoms with Crippen LogP contribution < -0.4 is 11.1 Å². The summed E-state index contributed by atoms with van der Waals surface area (Å²) in [6.45, 7) is 0.102. The van der Waals surface area contributed by atoms with Crippen molar-refractivity contribution in [3.05, 3.63) is 59.5 Å². The highest BCUT2D eigenvalue weighted by Gasteiger charge is 2.26.